The Morgan fingerprint density at radius 1 is 1.56 bits per heavy atom. The van der Waals surface area contributed by atoms with Crippen LogP contribution in [0.15, 0.2) is 24.3 Å². The number of thiocarbonyl (C=S) groups is 1. The Hall–Kier alpha value is -1.62. The molecule has 0 saturated heterocycles. The van der Waals surface area contributed by atoms with E-state index in [9.17, 15) is 4.79 Å². The van der Waals surface area contributed by atoms with E-state index in [1.165, 1.54) is 0 Å². The quantitative estimate of drug-likeness (QED) is 0.815. The Labute approximate surface area is 112 Å². The third-order valence-corrected chi connectivity index (χ3v) is 3.32. The molecule has 1 unspecified atom stereocenters. The van der Waals surface area contributed by atoms with Gasteiger partial charge < -0.3 is 16.0 Å². The third kappa shape index (κ3) is 2.61. The first-order valence-corrected chi connectivity index (χ1v) is 6.46. The van der Waals surface area contributed by atoms with Crippen LogP contribution in [0.5, 0.6) is 0 Å². The zero-order valence-electron chi connectivity index (χ0n) is 10.3. The lowest BCUT2D eigenvalue weighted by Crippen LogP contribution is -2.45. The van der Waals surface area contributed by atoms with Gasteiger partial charge in [-0.2, -0.15) is 0 Å². The van der Waals surface area contributed by atoms with Crippen LogP contribution in [0.4, 0.5) is 11.4 Å². The number of nitrogens with zero attached hydrogens (tertiary/aromatic N) is 1. The minimum atomic E-state index is 0.00934. The van der Waals surface area contributed by atoms with Crippen LogP contribution < -0.4 is 16.0 Å². The monoisotopic (exact) mass is 263 g/mol. The fourth-order valence-corrected chi connectivity index (χ4v) is 2.48. The second-order valence-corrected chi connectivity index (χ2v) is 4.95. The summed E-state index contributed by atoms with van der Waals surface area (Å²) in [4.78, 5) is 14.3. The maximum Gasteiger partial charge on any atom is 0.243 e. The summed E-state index contributed by atoms with van der Waals surface area (Å²) in [5.41, 5.74) is 7.53. The molecule has 3 N–H and O–H groups in total. The molecule has 1 aromatic carbocycles. The molecule has 0 saturated carbocycles. The summed E-state index contributed by atoms with van der Waals surface area (Å²) in [5.74, 6) is 0.00934. The molecule has 1 atom stereocenters. The zero-order chi connectivity index (χ0) is 13.1. The largest absolute Gasteiger partial charge is 0.393 e. The summed E-state index contributed by atoms with van der Waals surface area (Å²) in [6.07, 6.45) is 1.53. The first kappa shape index (κ1) is 12.8. The van der Waals surface area contributed by atoms with E-state index in [-0.39, 0.29) is 11.9 Å². The van der Waals surface area contributed by atoms with E-state index in [4.69, 9.17) is 18.0 Å². The van der Waals surface area contributed by atoms with Crippen molar-refractivity contribution in [2.24, 2.45) is 5.73 Å². The van der Waals surface area contributed by atoms with Gasteiger partial charge in [0.05, 0.1) is 22.9 Å². The molecule has 1 aromatic rings. The Morgan fingerprint density at radius 2 is 2.28 bits per heavy atom. The number of nitrogens with one attached hydrogen (secondary N) is 1. The van der Waals surface area contributed by atoms with Crippen molar-refractivity contribution in [2.45, 2.75) is 25.8 Å². The average molecular weight is 263 g/mol. The molecule has 96 valence electrons. The van der Waals surface area contributed by atoms with Gasteiger partial charge in [-0.05, 0) is 18.6 Å². The lowest BCUT2D eigenvalue weighted by atomic mass is 10.1. The first-order valence-electron chi connectivity index (χ1n) is 6.05. The van der Waals surface area contributed by atoms with Gasteiger partial charge in [-0.25, -0.2) is 0 Å². The Bertz CT molecular complexity index is 475. The molecule has 1 heterocycles. The van der Waals surface area contributed by atoms with Gasteiger partial charge in [-0.1, -0.05) is 31.3 Å². The molecule has 5 heteroatoms. The molecular formula is C13H17N3OS. The van der Waals surface area contributed by atoms with Gasteiger partial charge in [-0.3, -0.25) is 4.79 Å². The number of fused-ring (bicyclic) bond motifs is 1. The van der Waals surface area contributed by atoms with Crippen LogP contribution in [0, 0.1) is 0 Å². The second-order valence-electron chi connectivity index (χ2n) is 4.43. The molecule has 2 rings (SSSR count). The van der Waals surface area contributed by atoms with E-state index >= 15 is 0 Å². The number of para-hydroxylation sites is 2. The van der Waals surface area contributed by atoms with Crippen LogP contribution in [0.2, 0.25) is 0 Å². The highest BCUT2D eigenvalue weighted by molar-refractivity contribution is 7.80. The van der Waals surface area contributed by atoms with Crippen LogP contribution in [-0.4, -0.2) is 23.5 Å². The van der Waals surface area contributed by atoms with Crippen molar-refractivity contribution in [1.82, 2.24) is 0 Å². The number of hydrogen-bond acceptors (Lipinski definition) is 3. The molecule has 1 aliphatic rings. The summed E-state index contributed by atoms with van der Waals surface area (Å²) in [7, 11) is 0. The molecule has 1 aliphatic heterocycles. The zero-order valence-corrected chi connectivity index (χ0v) is 11.2. The fourth-order valence-electron chi connectivity index (χ4n) is 2.29. The van der Waals surface area contributed by atoms with Crippen molar-refractivity contribution in [3.05, 3.63) is 24.3 Å². The number of carbonyl (C=O) groups excluding carboxylic acids is 1. The lowest BCUT2D eigenvalue weighted by Gasteiger charge is -2.37. The summed E-state index contributed by atoms with van der Waals surface area (Å²) < 4.78 is 0. The van der Waals surface area contributed by atoms with Gasteiger partial charge in [-0.15, -0.1) is 0 Å². The molecule has 0 radical (unpaired) electrons. The lowest BCUT2D eigenvalue weighted by molar-refractivity contribution is -0.115. The highest BCUT2D eigenvalue weighted by Gasteiger charge is 2.26. The molecule has 0 aromatic heterocycles. The second kappa shape index (κ2) is 5.35. The van der Waals surface area contributed by atoms with Crippen molar-refractivity contribution in [2.75, 3.05) is 16.8 Å². The SMILES string of the molecule is CCC(CC(N)=S)N1CC(=O)Nc2ccccc21. The van der Waals surface area contributed by atoms with Crippen molar-refractivity contribution < 1.29 is 4.79 Å². The Balaban J connectivity index is 2.32. The van der Waals surface area contributed by atoms with Gasteiger partial charge in [0.2, 0.25) is 5.91 Å². The highest BCUT2D eigenvalue weighted by atomic mass is 32.1. The van der Waals surface area contributed by atoms with Gasteiger partial charge in [0, 0.05) is 12.5 Å². The number of rotatable bonds is 4. The van der Waals surface area contributed by atoms with Gasteiger partial charge in [0.25, 0.3) is 0 Å². The molecule has 0 bridgehead atoms. The predicted molar refractivity (Wildman–Crippen MR) is 77.9 cm³/mol. The molecule has 18 heavy (non-hydrogen) atoms. The first-order chi connectivity index (χ1) is 8.61. The molecular weight excluding hydrogens is 246 g/mol. The van der Waals surface area contributed by atoms with E-state index < -0.39 is 0 Å². The predicted octanol–water partition coefficient (Wildman–Crippen LogP) is 1.90. The van der Waals surface area contributed by atoms with E-state index in [2.05, 4.69) is 17.1 Å². The topological polar surface area (TPSA) is 58.4 Å². The number of benzene rings is 1. The average Bonchev–Trinajstić information content (AvgIpc) is 2.34. The number of anilines is 2. The van der Waals surface area contributed by atoms with Gasteiger partial charge in [0.15, 0.2) is 0 Å². The normalized spacial score (nSPS) is 15.8. The fraction of sp³-hybridized carbons (Fsp3) is 0.385. The van der Waals surface area contributed by atoms with Crippen LogP contribution >= 0.6 is 12.2 Å². The van der Waals surface area contributed by atoms with Crippen LogP contribution in [0.1, 0.15) is 19.8 Å². The van der Waals surface area contributed by atoms with Crippen molar-refractivity contribution >= 4 is 34.5 Å². The summed E-state index contributed by atoms with van der Waals surface area (Å²) in [6.45, 7) is 2.44. The molecule has 0 aliphatic carbocycles. The third-order valence-electron chi connectivity index (χ3n) is 3.15. The van der Waals surface area contributed by atoms with E-state index in [1.807, 2.05) is 24.3 Å². The number of nitrogens with two attached hydrogens (primary N) is 1. The standard InChI is InChI=1S/C13H17N3OS/c1-2-9(7-12(14)18)16-8-13(17)15-10-5-3-4-6-11(10)16/h3-6,9H,2,7-8H2,1H3,(H2,14,18)(H,15,17). The Kier molecular flexibility index (Phi) is 3.81. The molecule has 4 nitrogen and oxygen atoms in total. The number of carbonyl (C=O) groups is 1. The number of hydrogen-bond donors (Lipinski definition) is 2. The van der Waals surface area contributed by atoms with E-state index in [0.29, 0.717) is 18.0 Å². The van der Waals surface area contributed by atoms with Crippen molar-refractivity contribution in [3.63, 3.8) is 0 Å². The van der Waals surface area contributed by atoms with Crippen molar-refractivity contribution in [3.8, 4) is 0 Å². The Morgan fingerprint density at radius 3 is 2.94 bits per heavy atom. The maximum atomic E-state index is 11.7. The van der Waals surface area contributed by atoms with Crippen LogP contribution in [-0.2, 0) is 4.79 Å². The molecule has 0 spiro atoms. The number of amides is 1. The summed E-state index contributed by atoms with van der Waals surface area (Å²) in [6, 6.07) is 7.98. The van der Waals surface area contributed by atoms with Gasteiger partial charge >= 0.3 is 0 Å². The summed E-state index contributed by atoms with van der Waals surface area (Å²) >= 11 is 4.99. The van der Waals surface area contributed by atoms with E-state index in [1.54, 1.807) is 0 Å². The smallest absolute Gasteiger partial charge is 0.243 e. The van der Waals surface area contributed by atoms with Crippen LogP contribution in [0.25, 0.3) is 0 Å². The summed E-state index contributed by atoms with van der Waals surface area (Å²) in [5, 5.41) is 2.88. The minimum Gasteiger partial charge on any atom is -0.393 e. The maximum absolute atomic E-state index is 11.7. The van der Waals surface area contributed by atoms with Gasteiger partial charge in [0.1, 0.15) is 0 Å². The minimum absolute atomic E-state index is 0.00934. The highest BCUT2D eigenvalue weighted by Crippen LogP contribution is 2.31. The van der Waals surface area contributed by atoms with Crippen LogP contribution in [0.3, 0.4) is 0 Å². The van der Waals surface area contributed by atoms with Crippen molar-refractivity contribution in [1.29, 1.82) is 0 Å². The molecule has 1 amide bonds. The molecule has 0 fully saturated rings. The van der Waals surface area contributed by atoms with E-state index in [0.717, 1.165) is 17.8 Å².